The van der Waals surface area contributed by atoms with Crippen LogP contribution in [0.3, 0.4) is 0 Å². The minimum atomic E-state index is -0.197. The standard InChI is InChI=1S/C26H27N3O5/c1-16-25(17(2)34-28-16)21-12-18-13-24(33-20-7-10-32-11-8-20)26(30)29(22(18)14-23(21)31-3)15-19-6-4-5-9-27-19/h4-6,9,12-14,20H,7-8,10-11,15H2,1-3H3. The summed E-state index contributed by atoms with van der Waals surface area (Å²) in [5.41, 5.74) is 3.83. The van der Waals surface area contributed by atoms with Gasteiger partial charge >= 0.3 is 0 Å². The molecule has 3 aromatic heterocycles. The number of aromatic nitrogens is 3. The van der Waals surface area contributed by atoms with Crippen LogP contribution in [0.5, 0.6) is 11.5 Å². The first kappa shape index (κ1) is 22.2. The topological polar surface area (TPSA) is 88.6 Å². The Labute approximate surface area is 197 Å². The number of pyridine rings is 2. The lowest BCUT2D eigenvalue weighted by atomic mass is 10.00. The van der Waals surface area contributed by atoms with Gasteiger partial charge in [0.25, 0.3) is 5.56 Å². The summed E-state index contributed by atoms with van der Waals surface area (Å²) in [6, 6.07) is 11.4. The van der Waals surface area contributed by atoms with Crippen molar-refractivity contribution in [3.8, 4) is 22.6 Å². The van der Waals surface area contributed by atoms with Gasteiger partial charge in [-0.05, 0) is 38.1 Å². The zero-order valence-corrected chi connectivity index (χ0v) is 19.5. The number of rotatable bonds is 6. The molecule has 1 fully saturated rings. The lowest BCUT2D eigenvalue weighted by molar-refractivity contribution is 0.0249. The largest absolute Gasteiger partial charge is 0.496 e. The van der Waals surface area contributed by atoms with E-state index in [2.05, 4.69) is 10.1 Å². The molecule has 0 N–H and O–H groups in total. The number of hydrogen-bond donors (Lipinski definition) is 0. The first-order chi connectivity index (χ1) is 16.5. The van der Waals surface area contributed by atoms with Crippen LogP contribution in [0.25, 0.3) is 22.0 Å². The first-order valence-electron chi connectivity index (χ1n) is 11.4. The summed E-state index contributed by atoms with van der Waals surface area (Å²) >= 11 is 0. The van der Waals surface area contributed by atoms with E-state index in [4.69, 9.17) is 18.7 Å². The smallest absolute Gasteiger partial charge is 0.293 e. The van der Waals surface area contributed by atoms with Crippen LogP contribution in [0, 0.1) is 13.8 Å². The van der Waals surface area contributed by atoms with E-state index in [1.165, 1.54) is 0 Å². The van der Waals surface area contributed by atoms with Crippen LogP contribution in [-0.2, 0) is 11.3 Å². The van der Waals surface area contributed by atoms with Crippen molar-refractivity contribution in [3.05, 3.63) is 70.1 Å². The Morgan fingerprint density at radius 1 is 1.12 bits per heavy atom. The summed E-state index contributed by atoms with van der Waals surface area (Å²) in [4.78, 5) is 18.0. The van der Waals surface area contributed by atoms with Crippen molar-refractivity contribution >= 4 is 10.9 Å². The molecule has 8 nitrogen and oxygen atoms in total. The molecule has 0 spiro atoms. The van der Waals surface area contributed by atoms with Gasteiger partial charge < -0.3 is 18.7 Å². The Kier molecular flexibility index (Phi) is 6.06. The lowest BCUT2D eigenvalue weighted by Crippen LogP contribution is -2.30. The molecule has 1 aromatic carbocycles. The molecule has 0 radical (unpaired) electrons. The van der Waals surface area contributed by atoms with Gasteiger partial charge in [-0.2, -0.15) is 0 Å². The van der Waals surface area contributed by atoms with Gasteiger partial charge in [-0.1, -0.05) is 11.2 Å². The number of nitrogens with zero attached hydrogens (tertiary/aromatic N) is 3. The lowest BCUT2D eigenvalue weighted by Gasteiger charge is -2.24. The highest BCUT2D eigenvalue weighted by Gasteiger charge is 2.22. The molecule has 0 bridgehead atoms. The van der Waals surface area contributed by atoms with Gasteiger partial charge in [0.05, 0.1) is 49.3 Å². The number of benzene rings is 1. The third-order valence-electron chi connectivity index (χ3n) is 6.19. The second kappa shape index (κ2) is 9.30. The Bertz CT molecular complexity index is 1350. The van der Waals surface area contributed by atoms with Crippen molar-refractivity contribution in [2.24, 2.45) is 0 Å². The summed E-state index contributed by atoms with van der Waals surface area (Å²) in [5.74, 6) is 1.66. The highest BCUT2D eigenvalue weighted by Crippen LogP contribution is 2.38. The summed E-state index contributed by atoms with van der Waals surface area (Å²) in [6.07, 6.45) is 3.18. The fourth-order valence-corrected chi connectivity index (χ4v) is 4.48. The maximum Gasteiger partial charge on any atom is 0.293 e. The molecule has 176 valence electrons. The number of methoxy groups -OCH3 is 1. The number of aryl methyl sites for hydroxylation is 2. The van der Waals surface area contributed by atoms with Crippen LogP contribution < -0.4 is 15.0 Å². The quantitative estimate of drug-likeness (QED) is 0.423. The van der Waals surface area contributed by atoms with Crippen molar-refractivity contribution in [3.63, 3.8) is 0 Å². The molecule has 0 amide bonds. The van der Waals surface area contributed by atoms with E-state index in [0.717, 1.165) is 46.3 Å². The van der Waals surface area contributed by atoms with E-state index in [0.29, 0.717) is 37.0 Å². The van der Waals surface area contributed by atoms with Gasteiger partial charge in [0, 0.05) is 36.1 Å². The van der Waals surface area contributed by atoms with Gasteiger partial charge in [-0.25, -0.2) is 0 Å². The van der Waals surface area contributed by atoms with Crippen LogP contribution in [0.1, 0.15) is 30.0 Å². The zero-order chi connectivity index (χ0) is 23.7. The third kappa shape index (κ3) is 4.17. The molecule has 0 atom stereocenters. The fourth-order valence-electron chi connectivity index (χ4n) is 4.48. The van der Waals surface area contributed by atoms with Gasteiger partial charge in [0.15, 0.2) is 5.75 Å². The van der Waals surface area contributed by atoms with Gasteiger partial charge in [-0.15, -0.1) is 0 Å². The molecular formula is C26H27N3O5. The molecule has 1 aliphatic heterocycles. The second-order valence-corrected chi connectivity index (χ2v) is 8.46. The normalized spacial score (nSPS) is 14.4. The predicted octanol–water partition coefficient (Wildman–Crippen LogP) is 4.28. The Hall–Kier alpha value is -3.65. The van der Waals surface area contributed by atoms with Crippen LogP contribution in [0.4, 0.5) is 0 Å². The summed E-state index contributed by atoms with van der Waals surface area (Å²) < 4.78 is 24.5. The fraction of sp³-hybridized carbons (Fsp3) is 0.346. The van der Waals surface area contributed by atoms with Crippen LogP contribution in [0.2, 0.25) is 0 Å². The average molecular weight is 462 g/mol. The van der Waals surface area contributed by atoms with Gasteiger partial charge in [-0.3, -0.25) is 14.3 Å². The van der Waals surface area contributed by atoms with E-state index >= 15 is 0 Å². The van der Waals surface area contributed by atoms with Crippen LogP contribution in [-0.4, -0.2) is 41.1 Å². The highest BCUT2D eigenvalue weighted by atomic mass is 16.5. The summed E-state index contributed by atoms with van der Waals surface area (Å²) in [6.45, 7) is 5.36. The zero-order valence-electron chi connectivity index (χ0n) is 19.5. The molecule has 0 unspecified atom stereocenters. The van der Waals surface area contributed by atoms with Crippen molar-refractivity contribution in [2.45, 2.75) is 39.3 Å². The van der Waals surface area contributed by atoms with Gasteiger partial charge in [0.2, 0.25) is 0 Å². The Morgan fingerprint density at radius 2 is 1.94 bits per heavy atom. The maximum absolute atomic E-state index is 13.6. The minimum absolute atomic E-state index is 0.0533. The van der Waals surface area contributed by atoms with E-state index in [-0.39, 0.29) is 11.7 Å². The average Bonchev–Trinajstić information content (AvgIpc) is 3.20. The monoisotopic (exact) mass is 461 g/mol. The van der Waals surface area contributed by atoms with E-state index < -0.39 is 0 Å². The maximum atomic E-state index is 13.6. The number of ether oxygens (including phenoxy) is 3. The second-order valence-electron chi connectivity index (χ2n) is 8.46. The Balaban J connectivity index is 1.71. The molecule has 4 aromatic rings. The minimum Gasteiger partial charge on any atom is -0.496 e. The molecule has 8 heteroatoms. The molecule has 5 rings (SSSR count). The number of hydrogen-bond acceptors (Lipinski definition) is 7. The Morgan fingerprint density at radius 3 is 2.62 bits per heavy atom. The van der Waals surface area contributed by atoms with E-state index in [1.54, 1.807) is 17.9 Å². The predicted molar refractivity (Wildman–Crippen MR) is 128 cm³/mol. The summed E-state index contributed by atoms with van der Waals surface area (Å²) in [7, 11) is 1.62. The number of fused-ring (bicyclic) bond motifs is 1. The third-order valence-corrected chi connectivity index (χ3v) is 6.19. The molecular weight excluding hydrogens is 434 g/mol. The van der Waals surface area contributed by atoms with Crippen molar-refractivity contribution in [1.82, 2.24) is 14.7 Å². The molecule has 0 saturated carbocycles. The molecule has 4 heterocycles. The van der Waals surface area contributed by atoms with Crippen molar-refractivity contribution in [1.29, 1.82) is 0 Å². The molecule has 1 aliphatic rings. The van der Waals surface area contributed by atoms with E-state index in [9.17, 15) is 4.79 Å². The molecule has 34 heavy (non-hydrogen) atoms. The first-order valence-corrected chi connectivity index (χ1v) is 11.4. The van der Waals surface area contributed by atoms with Crippen LogP contribution in [0.15, 0.2) is 51.9 Å². The van der Waals surface area contributed by atoms with Crippen molar-refractivity contribution < 1.29 is 18.7 Å². The van der Waals surface area contributed by atoms with Crippen LogP contribution >= 0.6 is 0 Å². The summed E-state index contributed by atoms with van der Waals surface area (Å²) in [5, 5.41) is 4.95. The van der Waals surface area contributed by atoms with Gasteiger partial charge in [0.1, 0.15) is 17.6 Å². The molecule has 0 aliphatic carbocycles. The SMILES string of the molecule is COc1cc2c(cc1-c1c(C)noc1C)cc(OC1CCOCC1)c(=O)n2Cc1ccccn1. The van der Waals surface area contributed by atoms with Crippen molar-refractivity contribution in [2.75, 3.05) is 20.3 Å². The van der Waals surface area contributed by atoms with E-state index in [1.807, 2.05) is 50.2 Å². The highest BCUT2D eigenvalue weighted by molar-refractivity contribution is 5.90. The molecule has 1 saturated heterocycles.